The van der Waals surface area contributed by atoms with Crippen LogP contribution in [0, 0.1) is 6.92 Å². The van der Waals surface area contributed by atoms with Crippen LogP contribution in [0.4, 0.5) is 5.69 Å². The lowest BCUT2D eigenvalue weighted by atomic mass is 10.2. The molecule has 0 unspecified atom stereocenters. The summed E-state index contributed by atoms with van der Waals surface area (Å²) in [6.45, 7) is 1.97. The Hall–Kier alpha value is -2.04. The Morgan fingerprint density at radius 3 is 2.80 bits per heavy atom. The van der Waals surface area contributed by atoms with Crippen LogP contribution in [0.25, 0.3) is 0 Å². The predicted octanol–water partition coefficient (Wildman–Crippen LogP) is 1.50. The molecule has 0 radical (unpaired) electrons. The van der Waals surface area contributed by atoms with Gasteiger partial charge in [0.05, 0.1) is 5.69 Å². The Morgan fingerprint density at radius 1 is 1.40 bits per heavy atom. The maximum Gasteiger partial charge on any atom is 0.341 e. The summed E-state index contributed by atoms with van der Waals surface area (Å²) in [7, 11) is 1.78. The summed E-state index contributed by atoms with van der Waals surface area (Å²) in [6.07, 6.45) is 1.57. The maximum absolute atomic E-state index is 5.79. The van der Waals surface area contributed by atoms with Crippen molar-refractivity contribution in [3.05, 3.63) is 30.1 Å². The molecule has 2 aromatic rings. The molecule has 78 valence electrons. The normalized spacial score (nSPS) is 10.3. The first-order valence-electron chi connectivity index (χ1n) is 4.55. The molecule has 0 saturated carbocycles. The van der Waals surface area contributed by atoms with Crippen molar-refractivity contribution in [3.63, 3.8) is 0 Å². The first kappa shape index (κ1) is 9.51. The molecule has 2 N–H and O–H groups in total. The average molecular weight is 204 g/mol. The Kier molecular flexibility index (Phi) is 2.29. The van der Waals surface area contributed by atoms with Gasteiger partial charge in [-0.2, -0.15) is 4.98 Å². The van der Waals surface area contributed by atoms with Crippen LogP contribution in [0.1, 0.15) is 5.56 Å². The number of ether oxygens (including phenoxy) is 1. The van der Waals surface area contributed by atoms with E-state index in [9.17, 15) is 0 Å². The number of nitrogens with two attached hydrogens (primary N) is 1. The number of benzene rings is 1. The van der Waals surface area contributed by atoms with Crippen LogP contribution in [-0.2, 0) is 7.05 Å². The summed E-state index contributed by atoms with van der Waals surface area (Å²) in [4.78, 5) is 3.95. The highest BCUT2D eigenvalue weighted by Crippen LogP contribution is 2.25. The summed E-state index contributed by atoms with van der Waals surface area (Å²) in [5.41, 5.74) is 7.47. The summed E-state index contributed by atoms with van der Waals surface area (Å²) in [6, 6.07) is 5.88. The zero-order chi connectivity index (χ0) is 10.8. The van der Waals surface area contributed by atoms with E-state index in [0.29, 0.717) is 17.4 Å². The Morgan fingerprint density at radius 2 is 2.20 bits per heavy atom. The number of hydrogen-bond acceptors (Lipinski definition) is 4. The molecule has 5 heteroatoms. The molecule has 0 fully saturated rings. The molecule has 0 amide bonds. The number of aryl methyl sites for hydroxylation is 2. The SMILES string of the molecule is Cc1ccc(Oc2ncn(C)n2)c(N)c1. The molecule has 0 spiro atoms. The number of nitrogens with zero attached hydrogens (tertiary/aromatic N) is 3. The van der Waals surface area contributed by atoms with Crippen molar-refractivity contribution in [1.29, 1.82) is 0 Å². The molecule has 1 aromatic carbocycles. The molecule has 0 atom stereocenters. The lowest BCUT2D eigenvalue weighted by molar-refractivity contribution is 0.441. The van der Waals surface area contributed by atoms with Gasteiger partial charge in [-0.25, -0.2) is 0 Å². The van der Waals surface area contributed by atoms with E-state index in [1.807, 2.05) is 19.1 Å². The van der Waals surface area contributed by atoms with Crippen molar-refractivity contribution in [2.75, 3.05) is 5.73 Å². The zero-order valence-electron chi connectivity index (χ0n) is 8.64. The molecule has 0 bridgehead atoms. The summed E-state index contributed by atoms with van der Waals surface area (Å²) >= 11 is 0. The Balaban J connectivity index is 2.24. The van der Waals surface area contributed by atoms with E-state index in [0.717, 1.165) is 5.56 Å². The van der Waals surface area contributed by atoms with Crippen LogP contribution in [0.2, 0.25) is 0 Å². The van der Waals surface area contributed by atoms with Crippen LogP contribution < -0.4 is 10.5 Å². The van der Waals surface area contributed by atoms with E-state index < -0.39 is 0 Å². The highest BCUT2D eigenvalue weighted by Gasteiger charge is 2.05. The summed E-state index contributed by atoms with van der Waals surface area (Å²) in [5.74, 6) is 0.576. The largest absolute Gasteiger partial charge is 0.421 e. The highest BCUT2D eigenvalue weighted by atomic mass is 16.5. The van der Waals surface area contributed by atoms with Crippen LogP contribution in [-0.4, -0.2) is 14.8 Å². The van der Waals surface area contributed by atoms with Crippen molar-refractivity contribution in [2.24, 2.45) is 7.05 Å². The Bertz CT molecular complexity index is 478. The number of hydrogen-bond donors (Lipinski definition) is 1. The third kappa shape index (κ3) is 2.07. The minimum absolute atomic E-state index is 0.299. The van der Waals surface area contributed by atoms with Gasteiger partial charge in [0, 0.05) is 7.05 Å². The van der Waals surface area contributed by atoms with Gasteiger partial charge < -0.3 is 10.5 Å². The standard InChI is InChI=1S/C10H12N4O/c1-7-3-4-9(8(11)5-7)15-10-12-6-14(2)13-10/h3-6H,11H2,1-2H3. The maximum atomic E-state index is 5.79. The third-order valence-electron chi connectivity index (χ3n) is 1.95. The van der Waals surface area contributed by atoms with E-state index in [1.165, 1.54) is 0 Å². The van der Waals surface area contributed by atoms with Gasteiger partial charge in [-0.3, -0.25) is 4.68 Å². The number of anilines is 1. The molecule has 15 heavy (non-hydrogen) atoms. The van der Waals surface area contributed by atoms with Crippen molar-refractivity contribution >= 4 is 5.69 Å². The molecule has 0 aliphatic rings. The van der Waals surface area contributed by atoms with E-state index in [1.54, 1.807) is 24.1 Å². The predicted molar refractivity (Wildman–Crippen MR) is 56.7 cm³/mol. The van der Waals surface area contributed by atoms with E-state index in [2.05, 4.69) is 10.1 Å². The minimum Gasteiger partial charge on any atom is -0.421 e. The van der Waals surface area contributed by atoms with Gasteiger partial charge in [-0.1, -0.05) is 6.07 Å². The number of rotatable bonds is 2. The van der Waals surface area contributed by atoms with Gasteiger partial charge >= 0.3 is 6.01 Å². The monoisotopic (exact) mass is 204 g/mol. The highest BCUT2D eigenvalue weighted by molar-refractivity contribution is 5.54. The van der Waals surface area contributed by atoms with Gasteiger partial charge in [0.2, 0.25) is 0 Å². The molecule has 0 aliphatic carbocycles. The van der Waals surface area contributed by atoms with Gasteiger partial charge in [-0.05, 0) is 24.6 Å². The molecular formula is C10H12N4O. The van der Waals surface area contributed by atoms with Crippen LogP contribution >= 0.6 is 0 Å². The minimum atomic E-state index is 0.299. The van der Waals surface area contributed by atoms with E-state index in [-0.39, 0.29) is 0 Å². The summed E-state index contributed by atoms with van der Waals surface area (Å²) in [5, 5.41) is 4.00. The lowest BCUT2D eigenvalue weighted by Crippen LogP contribution is -1.94. The fourth-order valence-electron chi connectivity index (χ4n) is 1.23. The van der Waals surface area contributed by atoms with Gasteiger partial charge in [-0.15, -0.1) is 5.10 Å². The number of aromatic nitrogens is 3. The van der Waals surface area contributed by atoms with Gasteiger partial charge in [0.15, 0.2) is 5.75 Å². The van der Waals surface area contributed by atoms with Gasteiger partial charge in [0.1, 0.15) is 6.33 Å². The van der Waals surface area contributed by atoms with Crippen molar-refractivity contribution in [3.8, 4) is 11.8 Å². The van der Waals surface area contributed by atoms with Crippen LogP contribution in [0.5, 0.6) is 11.8 Å². The topological polar surface area (TPSA) is 66.0 Å². The fraction of sp³-hybridized carbons (Fsp3) is 0.200. The third-order valence-corrected chi connectivity index (χ3v) is 1.95. The average Bonchev–Trinajstić information content (AvgIpc) is 2.56. The van der Waals surface area contributed by atoms with E-state index in [4.69, 9.17) is 10.5 Å². The molecule has 0 aliphatic heterocycles. The second-order valence-corrected chi connectivity index (χ2v) is 3.34. The smallest absolute Gasteiger partial charge is 0.341 e. The van der Waals surface area contributed by atoms with Crippen molar-refractivity contribution < 1.29 is 4.74 Å². The molecule has 1 aromatic heterocycles. The molecule has 2 rings (SSSR count). The first-order valence-corrected chi connectivity index (χ1v) is 4.55. The first-order chi connectivity index (χ1) is 7.15. The van der Waals surface area contributed by atoms with Gasteiger partial charge in [0.25, 0.3) is 0 Å². The molecule has 1 heterocycles. The second-order valence-electron chi connectivity index (χ2n) is 3.34. The van der Waals surface area contributed by atoms with Crippen molar-refractivity contribution in [2.45, 2.75) is 6.92 Å². The fourth-order valence-corrected chi connectivity index (χ4v) is 1.23. The Labute approximate surface area is 87.5 Å². The lowest BCUT2D eigenvalue weighted by Gasteiger charge is -2.04. The molecule has 5 nitrogen and oxygen atoms in total. The van der Waals surface area contributed by atoms with E-state index >= 15 is 0 Å². The second kappa shape index (κ2) is 3.61. The number of nitrogen functional groups attached to an aromatic ring is 1. The van der Waals surface area contributed by atoms with Crippen molar-refractivity contribution in [1.82, 2.24) is 14.8 Å². The van der Waals surface area contributed by atoms with Crippen LogP contribution in [0.15, 0.2) is 24.5 Å². The van der Waals surface area contributed by atoms with Crippen LogP contribution in [0.3, 0.4) is 0 Å². The molecule has 0 saturated heterocycles. The zero-order valence-corrected chi connectivity index (χ0v) is 8.64. The quantitative estimate of drug-likeness (QED) is 0.753. The molecular weight excluding hydrogens is 192 g/mol. The summed E-state index contributed by atoms with van der Waals surface area (Å²) < 4.78 is 6.99.